The van der Waals surface area contributed by atoms with Gasteiger partial charge < -0.3 is 10.5 Å². The van der Waals surface area contributed by atoms with E-state index in [1.54, 1.807) is 0 Å². The number of benzene rings is 2. The quantitative estimate of drug-likeness (QED) is 0.864. The smallest absolute Gasteiger partial charge is 0.130 e. The zero-order chi connectivity index (χ0) is 14.5. The molecule has 0 heterocycles. The molecule has 20 heavy (non-hydrogen) atoms. The maximum Gasteiger partial charge on any atom is 0.130 e. The molecular weight excluding hydrogens is 270 g/mol. The number of hydrogen-bond acceptors (Lipinski definition) is 2. The van der Waals surface area contributed by atoms with Gasteiger partial charge in [-0.05, 0) is 55.2 Å². The fourth-order valence-corrected chi connectivity index (χ4v) is 2.22. The summed E-state index contributed by atoms with van der Waals surface area (Å²) in [4.78, 5) is 0. The van der Waals surface area contributed by atoms with Crippen LogP contribution in [0.25, 0.3) is 0 Å². The molecule has 0 aromatic heterocycles. The van der Waals surface area contributed by atoms with Crippen molar-refractivity contribution in [2.45, 2.75) is 32.7 Å². The predicted octanol–water partition coefficient (Wildman–Crippen LogP) is 4.72. The van der Waals surface area contributed by atoms with E-state index < -0.39 is 0 Å². The molecule has 0 aliphatic heterocycles. The van der Waals surface area contributed by atoms with Crippen molar-refractivity contribution in [1.82, 2.24) is 0 Å². The van der Waals surface area contributed by atoms with E-state index in [2.05, 4.69) is 6.92 Å². The summed E-state index contributed by atoms with van der Waals surface area (Å²) >= 11 is 6.08. The Balaban J connectivity index is 2.29. The van der Waals surface area contributed by atoms with Crippen LogP contribution in [-0.4, -0.2) is 6.04 Å². The largest absolute Gasteiger partial charge is 0.457 e. The summed E-state index contributed by atoms with van der Waals surface area (Å²) in [6.07, 6.45) is 1.69. The Hall–Kier alpha value is -1.51. The highest BCUT2D eigenvalue weighted by Gasteiger charge is 2.10. The van der Waals surface area contributed by atoms with E-state index in [1.807, 2.05) is 49.4 Å². The van der Waals surface area contributed by atoms with E-state index in [1.165, 1.54) is 0 Å². The molecule has 0 amide bonds. The monoisotopic (exact) mass is 289 g/mol. The summed E-state index contributed by atoms with van der Waals surface area (Å²) < 4.78 is 6.03. The zero-order valence-electron chi connectivity index (χ0n) is 11.9. The number of aryl methyl sites for hydroxylation is 1. The third-order valence-corrected chi connectivity index (χ3v) is 3.58. The fourth-order valence-electron chi connectivity index (χ4n) is 2.02. The predicted molar refractivity (Wildman–Crippen MR) is 84.7 cm³/mol. The Labute approximate surface area is 125 Å². The Bertz CT molecular complexity index is 583. The lowest BCUT2D eigenvalue weighted by Crippen LogP contribution is -2.21. The molecule has 0 fully saturated rings. The van der Waals surface area contributed by atoms with E-state index >= 15 is 0 Å². The van der Waals surface area contributed by atoms with Gasteiger partial charge in [0.05, 0.1) is 0 Å². The number of nitrogens with two attached hydrogens (primary N) is 1. The van der Waals surface area contributed by atoms with Gasteiger partial charge in [0.2, 0.25) is 0 Å². The minimum Gasteiger partial charge on any atom is -0.457 e. The summed E-state index contributed by atoms with van der Waals surface area (Å²) in [5.74, 6) is 1.69. The normalized spacial score (nSPS) is 12.2. The molecule has 0 saturated heterocycles. The SMILES string of the molecule is CCC(N)Cc1cc(Cl)ccc1Oc1ccccc1C. The van der Waals surface area contributed by atoms with Gasteiger partial charge in [0.25, 0.3) is 0 Å². The molecule has 0 aliphatic rings. The van der Waals surface area contributed by atoms with Gasteiger partial charge in [-0.25, -0.2) is 0 Å². The van der Waals surface area contributed by atoms with E-state index in [0.29, 0.717) is 5.02 Å². The molecule has 3 heteroatoms. The summed E-state index contributed by atoms with van der Waals surface area (Å²) in [6, 6.07) is 13.8. The summed E-state index contributed by atoms with van der Waals surface area (Å²) in [7, 11) is 0. The van der Waals surface area contributed by atoms with Crippen LogP contribution in [0.2, 0.25) is 5.02 Å². The van der Waals surface area contributed by atoms with Gasteiger partial charge in [0.15, 0.2) is 0 Å². The highest BCUT2D eigenvalue weighted by atomic mass is 35.5. The topological polar surface area (TPSA) is 35.2 Å². The number of para-hydroxylation sites is 1. The standard InChI is InChI=1S/C17H20ClNO/c1-3-15(19)11-13-10-14(18)8-9-17(13)20-16-7-5-4-6-12(16)2/h4-10,15H,3,11,19H2,1-2H3. The van der Waals surface area contributed by atoms with Crippen LogP contribution in [-0.2, 0) is 6.42 Å². The van der Waals surface area contributed by atoms with Crippen molar-refractivity contribution in [3.05, 3.63) is 58.6 Å². The molecule has 2 nitrogen and oxygen atoms in total. The van der Waals surface area contributed by atoms with Crippen LogP contribution >= 0.6 is 11.6 Å². The molecule has 0 radical (unpaired) electrons. The third-order valence-electron chi connectivity index (χ3n) is 3.34. The molecular formula is C17H20ClNO. The van der Waals surface area contributed by atoms with Crippen molar-refractivity contribution in [2.75, 3.05) is 0 Å². The van der Waals surface area contributed by atoms with Crippen molar-refractivity contribution in [1.29, 1.82) is 0 Å². The van der Waals surface area contributed by atoms with Crippen molar-refractivity contribution in [2.24, 2.45) is 5.73 Å². The summed E-state index contributed by atoms with van der Waals surface area (Å²) in [6.45, 7) is 4.11. The van der Waals surface area contributed by atoms with Crippen molar-refractivity contribution < 1.29 is 4.74 Å². The highest BCUT2D eigenvalue weighted by molar-refractivity contribution is 6.30. The van der Waals surface area contributed by atoms with E-state index in [-0.39, 0.29) is 6.04 Å². The summed E-state index contributed by atoms with van der Waals surface area (Å²) in [5, 5.41) is 0.709. The maximum absolute atomic E-state index is 6.08. The van der Waals surface area contributed by atoms with Crippen LogP contribution < -0.4 is 10.5 Å². The second-order valence-electron chi connectivity index (χ2n) is 4.99. The average Bonchev–Trinajstić information content (AvgIpc) is 2.44. The molecule has 2 aromatic rings. The van der Waals surface area contributed by atoms with Crippen LogP contribution in [0, 0.1) is 6.92 Å². The highest BCUT2D eigenvalue weighted by Crippen LogP contribution is 2.30. The van der Waals surface area contributed by atoms with Crippen LogP contribution in [0.1, 0.15) is 24.5 Å². The molecule has 2 aromatic carbocycles. The van der Waals surface area contributed by atoms with Gasteiger partial charge in [-0.2, -0.15) is 0 Å². The molecule has 0 saturated carbocycles. The Kier molecular flexibility index (Phi) is 5.05. The molecule has 1 atom stereocenters. The number of hydrogen-bond donors (Lipinski definition) is 1. The summed E-state index contributed by atoms with van der Waals surface area (Å²) in [5.41, 5.74) is 8.20. The van der Waals surface area contributed by atoms with Gasteiger partial charge in [-0.3, -0.25) is 0 Å². The van der Waals surface area contributed by atoms with Crippen molar-refractivity contribution in [3.8, 4) is 11.5 Å². The van der Waals surface area contributed by atoms with Gasteiger partial charge in [0, 0.05) is 11.1 Å². The van der Waals surface area contributed by atoms with E-state index in [9.17, 15) is 0 Å². The molecule has 2 N–H and O–H groups in total. The second-order valence-corrected chi connectivity index (χ2v) is 5.43. The van der Waals surface area contributed by atoms with Gasteiger partial charge in [-0.15, -0.1) is 0 Å². The van der Waals surface area contributed by atoms with E-state index in [4.69, 9.17) is 22.1 Å². The van der Waals surface area contributed by atoms with Crippen molar-refractivity contribution >= 4 is 11.6 Å². The zero-order valence-corrected chi connectivity index (χ0v) is 12.7. The Morgan fingerprint density at radius 2 is 1.90 bits per heavy atom. The lowest BCUT2D eigenvalue weighted by atomic mass is 10.0. The molecule has 106 valence electrons. The van der Waals surface area contributed by atoms with E-state index in [0.717, 1.165) is 35.5 Å². The van der Waals surface area contributed by atoms with Gasteiger partial charge >= 0.3 is 0 Å². The number of ether oxygens (including phenoxy) is 1. The van der Waals surface area contributed by atoms with Crippen molar-refractivity contribution in [3.63, 3.8) is 0 Å². The first kappa shape index (κ1) is 14.9. The first-order valence-corrected chi connectivity index (χ1v) is 7.25. The third kappa shape index (κ3) is 3.75. The van der Waals surface area contributed by atoms with Gasteiger partial charge in [-0.1, -0.05) is 36.7 Å². The Morgan fingerprint density at radius 3 is 2.60 bits per heavy atom. The molecule has 1 unspecified atom stereocenters. The lowest BCUT2D eigenvalue weighted by Gasteiger charge is -2.15. The number of rotatable bonds is 5. The molecule has 0 bridgehead atoms. The van der Waals surface area contributed by atoms with Crippen LogP contribution in [0.4, 0.5) is 0 Å². The minimum absolute atomic E-state index is 0.118. The molecule has 0 spiro atoms. The minimum atomic E-state index is 0.118. The van der Waals surface area contributed by atoms with Crippen LogP contribution in [0.5, 0.6) is 11.5 Å². The first-order chi connectivity index (χ1) is 9.60. The second kappa shape index (κ2) is 6.78. The average molecular weight is 290 g/mol. The van der Waals surface area contributed by atoms with Crippen LogP contribution in [0.3, 0.4) is 0 Å². The molecule has 0 aliphatic carbocycles. The van der Waals surface area contributed by atoms with Gasteiger partial charge in [0.1, 0.15) is 11.5 Å². The number of halogens is 1. The molecule has 2 rings (SSSR count). The Morgan fingerprint density at radius 1 is 1.15 bits per heavy atom. The lowest BCUT2D eigenvalue weighted by molar-refractivity contribution is 0.468. The maximum atomic E-state index is 6.08. The first-order valence-electron chi connectivity index (χ1n) is 6.87. The van der Waals surface area contributed by atoms with Crippen LogP contribution in [0.15, 0.2) is 42.5 Å². The fraction of sp³-hybridized carbons (Fsp3) is 0.294.